The standard InChI is InChI=1S/C20H20N4O5S2/c25-19(14-1-6-18(22-13-14)29-16-7-10-28-11-8-16)23-15-2-4-17(5-3-15)31(26,27)24-20-21-9-12-30-20/h1-6,9,12-13,16H,7-8,10-11H2,(H,21,24)(H,23,25). The van der Waals surface area contributed by atoms with Crippen LogP contribution in [0.1, 0.15) is 23.2 Å². The average Bonchev–Trinajstić information content (AvgIpc) is 3.28. The minimum absolute atomic E-state index is 0.0666. The van der Waals surface area contributed by atoms with Crippen LogP contribution < -0.4 is 14.8 Å². The molecule has 3 heterocycles. The molecule has 9 nitrogen and oxygen atoms in total. The Morgan fingerprint density at radius 3 is 2.52 bits per heavy atom. The topological polar surface area (TPSA) is 120 Å². The number of hydrogen-bond donors (Lipinski definition) is 2. The van der Waals surface area contributed by atoms with Crippen molar-refractivity contribution in [3.05, 3.63) is 59.7 Å². The van der Waals surface area contributed by atoms with Crippen LogP contribution in [-0.2, 0) is 14.8 Å². The fraction of sp³-hybridized carbons (Fsp3) is 0.250. The summed E-state index contributed by atoms with van der Waals surface area (Å²) in [5, 5.41) is 4.68. The van der Waals surface area contributed by atoms with Gasteiger partial charge in [-0.15, -0.1) is 11.3 Å². The Kier molecular flexibility index (Phi) is 6.44. The minimum atomic E-state index is -3.74. The lowest BCUT2D eigenvalue weighted by Crippen LogP contribution is -2.26. The smallest absolute Gasteiger partial charge is 0.263 e. The Morgan fingerprint density at radius 2 is 1.87 bits per heavy atom. The number of benzene rings is 1. The van der Waals surface area contributed by atoms with Crippen LogP contribution in [0, 0.1) is 0 Å². The molecule has 1 aromatic carbocycles. The molecule has 162 valence electrons. The van der Waals surface area contributed by atoms with E-state index in [0.717, 1.165) is 12.8 Å². The fourth-order valence-corrected chi connectivity index (χ4v) is 4.71. The summed E-state index contributed by atoms with van der Waals surface area (Å²) >= 11 is 1.19. The maximum absolute atomic E-state index is 12.5. The van der Waals surface area contributed by atoms with Gasteiger partial charge in [0.25, 0.3) is 15.9 Å². The zero-order chi connectivity index (χ0) is 21.7. The van der Waals surface area contributed by atoms with Gasteiger partial charge in [0.1, 0.15) is 6.10 Å². The number of hydrogen-bond acceptors (Lipinski definition) is 8. The normalized spacial score (nSPS) is 14.7. The molecule has 0 atom stereocenters. The van der Waals surface area contributed by atoms with Gasteiger partial charge in [-0.1, -0.05) is 0 Å². The van der Waals surface area contributed by atoms with Crippen molar-refractivity contribution in [2.75, 3.05) is 23.3 Å². The number of amides is 1. The number of nitrogens with zero attached hydrogens (tertiary/aromatic N) is 2. The van der Waals surface area contributed by atoms with E-state index in [1.165, 1.54) is 48.0 Å². The van der Waals surface area contributed by atoms with Gasteiger partial charge in [-0.05, 0) is 30.3 Å². The van der Waals surface area contributed by atoms with Crippen LogP contribution in [0.3, 0.4) is 0 Å². The second-order valence-corrected chi connectivity index (χ2v) is 9.31. The number of rotatable bonds is 7. The molecule has 1 aliphatic rings. The molecule has 31 heavy (non-hydrogen) atoms. The second kappa shape index (κ2) is 9.41. The van der Waals surface area contributed by atoms with E-state index in [0.29, 0.717) is 30.3 Å². The van der Waals surface area contributed by atoms with E-state index in [2.05, 4.69) is 20.0 Å². The van der Waals surface area contributed by atoms with Crippen molar-refractivity contribution in [3.63, 3.8) is 0 Å². The van der Waals surface area contributed by atoms with Crippen molar-refractivity contribution in [3.8, 4) is 5.88 Å². The molecular weight excluding hydrogens is 440 g/mol. The Hall–Kier alpha value is -3.02. The molecule has 4 rings (SSSR count). The zero-order valence-corrected chi connectivity index (χ0v) is 18.0. The fourth-order valence-electron chi connectivity index (χ4n) is 2.92. The third kappa shape index (κ3) is 5.57. The van der Waals surface area contributed by atoms with E-state index in [1.807, 2.05) is 0 Å². The molecule has 2 N–H and O–H groups in total. The number of sulfonamides is 1. The lowest BCUT2D eigenvalue weighted by Gasteiger charge is -2.22. The summed E-state index contributed by atoms with van der Waals surface area (Å²) in [6.45, 7) is 1.35. The summed E-state index contributed by atoms with van der Waals surface area (Å²) in [5.74, 6) is 0.104. The van der Waals surface area contributed by atoms with Crippen molar-refractivity contribution < 1.29 is 22.7 Å². The lowest BCUT2D eigenvalue weighted by atomic mass is 10.1. The van der Waals surface area contributed by atoms with E-state index in [1.54, 1.807) is 17.5 Å². The number of carbonyl (C=O) groups excluding carboxylic acids is 1. The maximum Gasteiger partial charge on any atom is 0.263 e. The van der Waals surface area contributed by atoms with Crippen molar-refractivity contribution in [2.24, 2.45) is 0 Å². The second-order valence-electron chi connectivity index (χ2n) is 6.74. The van der Waals surface area contributed by atoms with Crippen LogP contribution in [-0.4, -0.2) is 43.6 Å². The van der Waals surface area contributed by atoms with Crippen LogP contribution in [0.15, 0.2) is 59.1 Å². The zero-order valence-electron chi connectivity index (χ0n) is 16.4. The first-order chi connectivity index (χ1) is 15.0. The van der Waals surface area contributed by atoms with E-state index < -0.39 is 10.0 Å². The highest BCUT2D eigenvalue weighted by Gasteiger charge is 2.17. The van der Waals surface area contributed by atoms with E-state index in [9.17, 15) is 13.2 Å². The maximum atomic E-state index is 12.5. The highest BCUT2D eigenvalue weighted by molar-refractivity contribution is 7.93. The minimum Gasteiger partial charge on any atom is -0.474 e. The molecule has 0 radical (unpaired) electrons. The highest BCUT2D eigenvalue weighted by Crippen LogP contribution is 2.20. The van der Waals surface area contributed by atoms with E-state index in [4.69, 9.17) is 9.47 Å². The third-order valence-electron chi connectivity index (χ3n) is 4.53. The number of aromatic nitrogens is 2. The molecule has 0 bridgehead atoms. The number of ether oxygens (including phenoxy) is 2. The average molecular weight is 461 g/mol. The molecule has 0 spiro atoms. The monoisotopic (exact) mass is 460 g/mol. The quantitative estimate of drug-likeness (QED) is 0.556. The number of carbonyl (C=O) groups is 1. The van der Waals surface area contributed by atoms with Gasteiger partial charge in [0.05, 0.1) is 23.7 Å². The van der Waals surface area contributed by atoms with Crippen molar-refractivity contribution in [1.82, 2.24) is 9.97 Å². The SMILES string of the molecule is O=C(Nc1ccc(S(=O)(=O)Nc2nccs2)cc1)c1ccc(OC2CCOCC2)nc1. The molecule has 2 aromatic heterocycles. The molecule has 0 saturated carbocycles. The predicted octanol–water partition coefficient (Wildman–Crippen LogP) is 3.15. The highest BCUT2D eigenvalue weighted by atomic mass is 32.2. The Bertz CT molecular complexity index is 1110. The molecule has 1 amide bonds. The van der Waals surface area contributed by atoms with Crippen molar-refractivity contribution in [2.45, 2.75) is 23.8 Å². The van der Waals surface area contributed by atoms with Gasteiger partial charge in [-0.2, -0.15) is 0 Å². The van der Waals surface area contributed by atoms with Gasteiger partial charge in [-0.25, -0.2) is 18.4 Å². The summed E-state index contributed by atoms with van der Waals surface area (Å²) in [6, 6.07) is 9.15. The largest absolute Gasteiger partial charge is 0.474 e. The number of pyridine rings is 1. The Balaban J connectivity index is 1.36. The van der Waals surface area contributed by atoms with Crippen LogP contribution in [0.2, 0.25) is 0 Å². The molecular formula is C20H20N4O5S2. The summed E-state index contributed by atoms with van der Waals surface area (Å²) in [6.07, 6.45) is 4.66. The van der Waals surface area contributed by atoms with Gasteiger partial charge >= 0.3 is 0 Å². The van der Waals surface area contributed by atoms with E-state index in [-0.39, 0.29) is 22.0 Å². The third-order valence-corrected chi connectivity index (χ3v) is 6.70. The van der Waals surface area contributed by atoms with E-state index >= 15 is 0 Å². The van der Waals surface area contributed by atoms with Gasteiger partial charge in [0.2, 0.25) is 5.88 Å². The van der Waals surface area contributed by atoms with Crippen LogP contribution in [0.5, 0.6) is 5.88 Å². The molecule has 1 fully saturated rings. The summed E-state index contributed by atoms with van der Waals surface area (Å²) in [4.78, 5) is 20.6. The van der Waals surface area contributed by atoms with Gasteiger partial charge in [0.15, 0.2) is 5.13 Å². The Morgan fingerprint density at radius 1 is 1.10 bits per heavy atom. The molecule has 11 heteroatoms. The van der Waals surface area contributed by atoms with Gasteiger partial charge in [0, 0.05) is 42.4 Å². The Labute approximate surface area is 183 Å². The van der Waals surface area contributed by atoms with Crippen molar-refractivity contribution >= 4 is 38.1 Å². The molecule has 1 saturated heterocycles. The molecule has 0 aliphatic carbocycles. The lowest BCUT2D eigenvalue weighted by molar-refractivity contribution is 0.0237. The molecule has 3 aromatic rings. The first-order valence-electron chi connectivity index (χ1n) is 9.54. The van der Waals surface area contributed by atoms with Crippen LogP contribution >= 0.6 is 11.3 Å². The van der Waals surface area contributed by atoms with Crippen LogP contribution in [0.25, 0.3) is 0 Å². The van der Waals surface area contributed by atoms with Gasteiger partial charge in [-0.3, -0.25) is 9.52 Å². The first-order valence-corrected chi connectivity index (χ1v) is 11.9. The van der Waals surface area contributed by atoms with Gasteiger partial charge < -0.3 is 14.8 Å². The van der Waals surface area contributed by atoms with Crippen LogP contribution in [0.4, 0.5) is 10.8 Å². The van der Waals surface area contributed by atoms with Crippen molar-refractivity contribution in [1.29, 1.82) is 0 Å². The number of nitrogens with one attached hydrogen (secondary N) is 2. The summed E-state index contributed by atoms with van der Waals surface area (Å²) in [5.41, 5.74) is 0.821. The summed E-state index contributed by atoms with van der Waals surface area (Å²) in [7, 11) is -3.74. The number of anilines is 2. The first kappa shape index (κ1) is 21.2. The predicted molar refractivity (Wildman–Crippen MR) is 116 cm³/mol. The molecule has 0 unspecified atom stereocenters. The number of thiazole rings is 1. The summed E-state index contributed by atoms with van der Waals surface area (Å²) < 4.78 is 38.2. The molecule has 1 aliphatic heterocycles.